The van der Waals surface area contributed by atoms with E-state index in [1.54, 1.807) is 11.8 Å². The number of nitrogens with zero attached hydrogens (tertiary/aromatic N) is 1. The van der Waals surface area contributed by atoms with E-state index in [0.29, 0.717) is 13.1 Å². The standard InChI is InChI=1S/C11H20N2O2/c1-10(15)7-13(8-10)9(14)11(12)5-3-2-4-6-11/h15H,2-8,12H2,1H3. The number of likely N-dealkylation sites (tertiary alicyclic amines) is 1. The highest BCUT2D eigenvalue weighted by Crippen LogP contribution is 2.31. The zero-order chi connectivity index (χ0) is 11.1. The maximum Gasteiger partial charge on any atom is 0.242 e. The van der Waals surface area contributed by atoms with Crippen LogP contribution < -0.4 is 5.73 Å². The van der Waals surface area contributed by atoms with Gasteiger partial charge in [-0.25, -0.2) is 0 Å². The van der Waals surface area contributed by atoms with Gasteiger partial charge in [0.1, 0.15) is 0 Å². The molecule has 0 aromatic heterocycles. The molecular formula is C11H20N2O2. The van der Waals surface area contributed by atoms with Crippen molar-refractivity contribution in [1.82, 2.24) is 4.90 Å². The third-order valence-corrected chi connectivity index (χ3v) is 3.52. The molecule has 1 heterocycles. The van der Waals surface area contributed by atoms with Crippen molar-refractivity contribution in [2.45, 2.75) is 50.2 Å². The molecular weight excluding hydrogens is 192 g/mol. The van der Waals surface area contributed by atoms with Gasteiger partial charge in [0.25, 0.3) is 0 Å². The van der Waals surface area contributed by atoms with Crippen LogP contribution in [0.4, 0.5) is 0 Å². The molecule has 3 N–H and O–H groups in total. The average Bonchev–Trinajstić information content (AvgIpc) is 2.14. The lowest BCUT2D eigenvalue weighted by Gasteiger charge is -2.48. The van der Waals surface area contributed by atoms with Crippen molar-refractivity contribution in [2.24, 2.45) is 5.73 Å². The molecule has 4 nitrogen and oxygen atoms in total. The summed E-state index contributed by atoms with van der Waals surface area (Å²) in [6.45, 7) is 2.62. The average molecular weight is 212 g/mol. The van der Waals surface area contributed by atoms with Gasteiger partial charge in [0.05, 0.1) is 24.2 Å². The van der Waals surface area contributed by atoms with Crippen molar-refractivity contribution >= 4 is 5.91 Å². The second kappa shape index (κ2) is 3.46. The Hall–Kier alpha value is -0.610. The SMILES string of the molecule is CC1(O)CN(C(=O)C2(N)CCCCC2)C1. The highest BCUT2D eigenvalue weighted by molar-refractivity contribution is 5.87. The molecule has 1 saturated heterocycles. The third kappa shape index (κ3) is 2.01. The van der Waals surface area contributed by atoms with E-state index in [9.17, 15) is 9.90 Å². The van der Waals surface area contributed by atoms with Gasteiger partial charge in [0.2, 0.25) is 5.91 Å². The zero-order valence-corrected chi connectivity index (χ0v) is 9.33. The van der Waals surface area contributed by atoms with E-state index in [4.69, 9.17) is 5.73 Å². The molecule has 1 aliphatic carbocycles. The Labute approximate surface area is 90.4 Å². The van der Waals surface area contributed by atoms with Crippen LogP contribution in [0.1, 0.15) is 39.0 Å². The highest BCUT2D eigenvalue weighted by atomic mass is 16.3. The molecule has 0 spiro atoms. The van der Waals surface area contributed by atoms with E-state index in [2.05, 4.69) is 0 Å². The summed E-state index contributed by atoms with van der Waals surface area (Å²) in [5.41, 5.74) is 4.79. The van der Waals surface area contributed by atoms with Gasteiger partial charge < -0.3 is 15.7 Å². The second-order valence-electron chi connectivity index (χ2n) is 5.37. The van der Waals surface area contributed by atoms with Gasteiger partial charge in [-0.1, -0.05) is 19.3 Å². The monoisotopic (exact) mass is 212 g/mol. The number of hydrogen-bond acceptors (Lipinski definition) is 3. The molecule has 2 aliphatic rings. The van der Waals surface area contributed by atoms with E-state index in [-0.39, 0.29) is 5.91 Å². The fraction of sp³-hybridized carbons (Fsp3) is 0.909. The van der Waals surface area contributed by atoms with E-state index >= 15 is 0 Å². The van der Waals surface area contributed by atoms with Gasteiger partial charge in [0, 0.05) is 0 Å². The smallest absolute Gasteiger partial charge is 0.242 e. The number of carbonyl (C=O) groups is 1. The Morgan fingerprint density at radius 1 is 1.27 bits per heavy atom. The Bertz CT molecular complexity index is 262. The lowest BCUT2D eigenvalue weighted by molar-refractivity contribution is -0.159. The predicted molar refractivity (Wildman–Crippen MR) is 57.2 cm³/mol. The van der Waals surface area contributed by atoms with Crippen molar-refractivity contribution in [3.8, 4) is 0 Å². The van der Waals surface area contributed by atoms with Crippen LogP contribution >= 0.6 is 0 Å². The quantitative estimate of drug-likeness (QED) is 0.654. The van der Waals surface area contributed by atoms with Gasteiger partial charge in [-0.15, -0.1) is 0 Å². The van der Waals surface area contributed by atoms with Crippen LogP contribution in [0.25, 0.3) is 0 Å². The molecule has 1 amide bonds. The summed E-state index contributed by atoms with van der Waals surface area (Å²) in [6, 6.07) is 0. The largest absolute Gasteiger partial charge is 0.386 e. The number of hydrogen-bond donors (Lipinski definition) is 2. The van der Waals surface area contributed by atoms with Gasteiger partial charge in [-0.2, -0.15) is 0 Å². The molecule has 1 saturated carbocycles. The highest BCUT2D eigenvalue weighted by Gasteiger charge is 2.46. The van der Waals surface area contributed by atoms with Crippen LogP contribution in [0.5, 0.6) is 0 Å². The van der Waals surface area contributed by atoms with Crippen LogP contribution in [0.15, 0.2) is 0 Å². The van der Waals surface area contributed by atoms with Gasteiger partial charge in [0.15, 0.2) is 0 Å². The van der Waals surface area contributed by atoms with E-state index in [0.717, 1.165) is 25.7 Å². The summed E-state index contributed by atoms with van der Waals surface area (Å²) in [7, 11) is 0. The summed E-state index contributed by atoms with van der Waals surface area (Å²) in [4.78, 5) is 13.8. The maximum absolute atomic E-state index is 12.1. The summed E-state index contributed by atoms with van der Waals surface area (Å²) in [5, 5.41) is 9.58. The lowest BCUT2D eigenvalue weighted by Crippen LogP contribution is -2.68. The molecule has 15 heavy (non-hydrogen) atoms. The minimum atomic E-state index is -0.694. The van der Waals surface area contributed by atoms with E-state index < -0.39 is 11.1 Å². The molecule has 2 fully saturated rings. The summed E-state index contributed by atoms with van der Waals surface area (Å²) in [5.74, 6) is 0.0359. The number of amides is 1. The molecule has 86 valence electrons. The molecule has 1 aliphatic heterocycles. The molecule has 2 rings (SSSR count). The first-order chi connectivity index (χ1) is 6.93. The van der Waals surface area contributed by atoms with Crippen LogP contribution in [0.2, 0.25) is 0 Å². The molecule has 4 heteroatoms. The first kappa shape index (κ1) is 10.9. The molecule has 0 radical (unpaired) electrons. The van der Waals surface area contributed by atoms with Crippen molar-refractivity contribution in [3.05, 3.63) is 0 Å². The van der Waals surface area contributed by atoms with Crippen LogP contribution in [-0.2, 0) is 4.79 Å². The number of carbonyl (C=O) groups excluding carboxylic acids is 1. The molecule has 0 atom stereocenters. The van der Waals surface area contributed by atoms with E-state index in [1.165, 1.54) is 6.42 Å². The van der Waals surface area contributed by atoms with Crippen LogP contribution in [-0.4, -0.2) is 40.1 Å². The second-order valence-corrected chi connectivity index (χ2v) is 5.37. The number of nitrogens with two attached hydrogens (primary N) is 1. The van der Waals surface area contributed by atoms with Gasteiger partial charge in [-0.3, -0.25) is 4.79 Å². The van der Waals surface area contributed by atoms with Crippen LogP contribution in [0, 0.1) is 0 Å². The molecule has 0 aromatic rings. The molecule has 0 bridgehead atoms. The third-order valence-electron chi connectivity index (χ3n) is 3.52. The maximum atomic E-state index is 12.1. The number of aliphatic hydroxyl groups is 1. The molecule has 0 aromatic carbocycles. The fourth-order valence-corrected chi connectivity index (χ4v) is 2.63. The first-order valence-corrected chi connectivity index (χ1v) is 5.74. The zero-order valence-electron chi connectivity index (χ0n) is 9.33. The Balaban J connectivity index is 1.96. The minimum Gasteiger partial charge on any atom is -0.386 e. The fourth-order valence-electron chi connectivity index (χ4n) is 2.63. The normalized spacial score (nSPS) is 28.3. The number of rotatable bonds is 1. The van der Waals surface area contributed by atoms with E-state index in [1.807, 2.05) is 0 Å². The topological polar surface area (TPSA) is 66.6 Å². The Morgan fingerprint density at radius 3 is 2.27 bits per heavy atom. The summed E-state index contributed by atoms with van der Waals surface area (Å²) >= 11 is 0. The van der Waals surface area contributed by atoms with Crippen molar-refractivity contribution in [2.75, 3.05) is 13.1 Å². The van der Waals surface area contributed by atoms with Gasteiger partial charge >= 0.3 is 0 Å². The number of β-amino-alcohol motifs (C(OH)–C–C–N with tert-alkyl or cyclic N) is 1. The van der Waals surface area contributed by atoms with Crippen molar-refractivity contribution < 1.29 is 9.90 Å². The summed E-state index contributed by atoms with van der Waals surface area (Å²) in [6.07, 6.45) is 4.87. The predicted octanol–water partition coefficient (Wildman–Crippen LogP) is 0.241. The lowest BCUT2D eigenvalue weighted by atomic mass is 9.80. The minimum absolute atomic E-state index is 0.0359. The molecule has 0 unspecified atom stereocenters. The van der Waals surface area contributed by atoms with Crippen molar-refractivity contribution in [3.63, 3.8) is 0 Å². The van der Waals surface area contributed by atoms with Gasteiger partial charge in [-0.05, 0) is 19.8 Å². The first-order valence-electron chi connectivity index (χ1n) is 5.74. The Morgan fingerprint density at radius 2 is 1.80 bits per heavy atom. The Kier molecular flexibility index (Phi) is 2.51. The summed E-state index contributed by atoms with van der Waals surface area (Å²) < 4.78 is 0. The van der Waals surface area contributed by atoms with Crippen molar-refractivity contribution in [1.29, 1.82) is 0 Å². The van der Waals surface area contributed by atoms with Crippen LogP contribution in [0.3, 0.4) is 0 Å².